The molecule has 102 valence electrons. The van der Waals surface area contributed by atoms with Crippen molar-refractivity contribution in [3.63, 3.8) is 0 Å². The Labute approximate surface area is 110 Å². The summed E-state index contributed by atoms with van der Waals surface area (Å²) in [4.78, 5) is 11.8. The highest BCUT2D eigenvalue weighted by molar-refractivity contribution is 5.92. The van der Waals surface area contributed by atoms with Gasteiger partial charge in [0.05, 0.1) is 0 Å². The second-order valence-electron chi connectivity index (χ2n) is 6.44. The number of carbonyl (C=O) groups excluding carboxylic acids is 1. The van der Waals surface area contributed by atoms with Crippen molar-refractivity contribution in [1.82, 2.24) is 15.5 Å². The Morgan fingerprint density at radius 2 is 2.11 bits per heavy atom. The molecule has 18 heavy (non-hydrogen) atoms. The Morgan fingerprint density at radius 1 is 1.44 bits per heavy atom. The molecule has 1 amide bonds. The fourth-order valence-corrected chi connectivity index (χ4v) is 1.66. The molecular weight excluding hydrogens is 226 g/mol. The molecule has 4 nitrogen and oxygen atoms in total. The van der Waals surface area contributed by atoms with Crippen LogP contribution >= 0.6 is 0 Å². The molecule has 1 heterocycles. The first kappa shape index (κ1) is 14.7. The zero-order valence-corrected chi connectivity index (χ0v) is 12.1. The molecular formula is C14H25N3O. The number of nitrogens with zero attached hydrogens (tertiary/aromatic N) is 1. The van der Waals surface area contributed by atoms with E-state index in [4.69, 9.17) is 0 Å². The molecule has 1 aromatic rings. The standard InChI is InChI=1S/C14H25N3O/c1-10(2)8-11-9-12(17-16-11)13(18)15-7-6-14(3,4)5/h9-10H,6-8H2,1-5H3,(H,15,18)(H,16,17). The van der Waals surface area contributed by atoms with Gasteiger partial charge in [0.15, 0.2) is 0 Å². The highest BCUT2D eigenvalue weighted by Gasteiger charge is 2.13. The van der Waals surface area contributed by atoms with E-state index in [0.29, 0.717) is 18.2 Å². The molecule has 0 aliphatic heterocycles. The van der Waals surface area contributed by atoms with E-state index < -0.39 is 0 Å². The minimum absolute atomic E-state index is 0.0921. The van der Waals surface area contributed by atoms with Crippen molar-refractivity contribution in [2.75, 3.05) is 6.54 Å². The van der Waals surface area contributed by atoms with Crippen LogP contribution in [0.5, 0.6) is 0 Å². The maximum absolute atomic E-state index is 11.8. The van der Waals surface area contributed by atoms with E-state index in [1.807, 2.05) is 6.07 Å². The van der Waals surface area contributed by atoms with E-state index in [1.165, 1.54) is 0 Å². The molecule has 0 spiro atoms. The smallest absolute Gasteiger partial charge is 0.271 e. The molecule has 0 aliphatic rings. The minimum Gasteiger partial charge on any atom is -0.351 e. The van der Waals surface area contributed by atoms with Crippen LogP contribution in [0, 0.1) is 11.3 Å². The molecule has 0 saturated carbocycles. The van der Waals surface area contributed by atoms with Gasteiger partial charge in [-0.3, -0.25) is 9.89 Å². The monoisotopic (exact) mass is 251 g/mol. The first-order valence-electron chi connectivity index (χ1n) is 6.60. The molecule has 0 bridgehead atoms. The van der Waals surface area contributed by atoms with Crippen molar-refractivity contribution in [2.45, 2.75) is 47.5 Å². The number of rotatable bonds is 5. The quantitative estimate of drug-likeness (QED) is 0.845. The number of H-pyrrole nitrogens is 1. The zero-order valence-electron chi connectivity index (χ0n) is 12.1. The third kappa shape index (κ3) is 5.34. The fourth-order valence-electron chi connectivity index (χ4n) is 1.66. The lowest BCUT2D eigenvalue weighted by Crippen LogP contribution is -2.27. The van der Waals surface area contributed by atoms with Crippen LogP contribution in [-0.4, -0.2) is 22.6 Å². The largest absolute Gasteiger partial charge is 0.351 e. The predicted molar refractivity (Wildman–Crippen MR) is 73.5 cm³/mol. The van der Waals surface area contributed by atoms with Crippen LogP contribution in [0.3, 0.4) is 0 Å². The first-order valence-corrected chi connectivity index (χ1v) is 6.60. The molecule has 0 aromatic carbocycles. The number of amides is 1. The molecule has 1 aromatic heterocycles. The number of carbonyl (C=O) groups is 1. The minimum atomic E-state index is -0.0921. The first-order chi connectivity index (χ1) is 8.28. The predicted octanol–water partition coefficient (Wildman–Crippen LogP) is 2.77. The molecule has 4 heteroatoms. The maximum atomic E-state index is 11.8. The van der Waals surface area contributed by atoms with Gasteiger partial charge in [-0.05, 0) is 30.2 Å². The lowest BCUT2D eigenvalue weighted by molar-refractivity contribution is 0.0944. The van der Waals surface area contributed by atoms with E-state index in [0.717, 1.165) is 18.5 Å². The van der Waals surface area contributed by atoms with Crippen molar-refractivity contribution >= 4 is 5.91 Å². The van der Waals surface area contributed by atoms with Crippen LogP contribution in [0.4, 0.5) is 0 Å². The highest BCUT2D eigenvalue weighted by Crippen LogP contribution is 2.17. The number of aromatic nitrogens is 2. The van der Waals surface area contributed by atoms with Crippen molar-refractivity contribution in [3.05, 3.63) is 17.5 Å². The lowest BCUT2D eigenvalue weighted by atomic mass is 9.92. The molecule has 0 unspecified atom stereocenters. The van der Waals surface area contributed by atoms with Gasteiger partial charge in [-0.1, -0.05) is 34.6 Å². The Bertz CT molecular complexity index is 388. The average molecular weight is 251 g/mol. The molecule has 0 saturated heterocycles. The third-order valence-electron chi connectivity index (χ3n) is 2.65. The molecule has 0 aliphatic carbocycles. The fraction of sp³-hybridized carbons (Fsp3) is 0.714. The summed E-state index contributed by atoms with van der Waals surface area (Å²) in [5, 5.41) is 9.86. The number of hydrogen-bond donors (Lipinski definition) is 2. The van der Waals surface area contributed by atoms with Gasteiger partial charge in [0, 0.05) is 12.2 Å². The summed E-state index contributed by atoms with van der Waals surface area (Å²) in [7, 11) is 0. The van der Waals surface area contributed by atoms with Crippen LogP contribution in [0.15, 0.2) is 6.07 Å². The van der Waals surface area contributed by atoms with E-state index in [-0.39, 0.29) is 11.3 Å². The van der Waals surface area contributed by atoms with Gasteiger partial charge in [0.1, 0.15) is 5.69 Å². The van der Waals surface area contributed by atoms with Crippen molar-refractivity contribution < 1.29 is 4.79 Å². The lowest BCUT2D eigenvalue weighted by Gasteiger charge is -2.17. The van der Waals surface area contributed by atoms with Gasteiger partial charge >= 0.3 is 0 Å². The number of hydrogen-bond acceptors (Lipinski definition) is 2. The summed E-state index contributed by atoms with van der Waals surface area (Å²) in [6.45, 7) is 11.5. The summed E-state index contributed by atoms with van der Waals surface area (Å²) in [6, 6.07) is 1.84. The normalized spacial score (nSPS) is 11.9. The van der Waals surface area contributed by atoms with Crippen molar-refractivity contribution in [1.29, 1.82) is 0 Å². The van der Waals surface area contributed by atoms with E-state index >= 15 is 0 Å². The Kier molecular flexibility index (Phi) is 4.93. The van der Waals surface area contributed by atoms with Crippen LogP contribution in [0.1, 0.15) is 57.2 Å². The molecule has 0 radical (unpaired) electrons. The molecule has 2 N–H and O–H groups in total. The maximum Gasteiger partial charge on any atom is 0.271 e. The second-order valence-corrected chi connectivity index (χ2v) is 6.44. The van der Waals surface area contributed by atoms with Crippen LogP contribution in [0.25, 0.3) is 0 Å². The Balaban J connectivity index is 2.44. The van der Waals surface area contributed by atoms with Gasteiger partial charge < -0.3 is 5.32 Å². The number of nitrogens with one attached hydrogen (secondary N) is 2. The summed E-state index contributed by atoms with van der Waals surface area (Å²) in [6.07, 6.45) is 1.88. The Morgan fingerprint density at radius 3 is 2.67 bits per heavy atom. The Hall–Kier alpha value is -1.32. The average Bonchev–Trinajstić information content (AvgIpc) is 2.63. The summed E-state index contributed by atoms with van der Waals surface area (Å²) in [5.74, 6) is 0.466. The van der Waals surface area contributed by atoms with E-state index in [1.54, 1.807) is 0 Å². The summed E-state index contributed by atoms with van der Waals surface area (Å²) >= 11 is 0. The summed E-state index contributed by atoms with van der Waals surface area (Å²) < 4.78 is 0. The zero-order chi connectivity index (χ0) is 13.8. The molecule has 1 rings (SSSR count). The van der Waals surface area contributed by atoms with Gasteiger partial charge in [0.25, 0.3) is 5.91 Å². The van der Waals surface area contributed by atoms with Crippen LogP contribution in [-0.2, 0) is 6.42 Å². The van der Waals surface area contributed by atoms with Gasteiger partial charge in [-0.25, -0.2) is 0 Å². The van der Waals surface area contributed by atoms with E-state index in [9.17, 15) is 4.79 Å². The summed E-state index contributed by atoms with van der Waals surface area (Å²) in [5.41, 5.74) is 1.74. The van der Waals surface area contributed by atoms with Gasteiger partial charge in [0.2, 0.25) is 0 Å². The SMILES string of the molecule is CC(C)Cc1cc(C(=O)NCCC(C)(C)C)n[nH]1. The van der Waals surface area contributed by atoms with Gasteiger partial charge in [-0.2, -0.15) is 5.10 Å². The van der Waals surface area contributed by atoms with E-state index in [2.05, 4.69) is 50.1 Å². The highest BCUT2D eigenvalue weighted by atomic mass is 16.1. The van der Waals surface area contributed by atoms with Gasteiger partial charge in [-0.15, -0.1) is 0 Å². The van der Waals surface area contributed by atoms with Crippen molar-refractivity contribution in [3.8, 4) is 0 Å². The second kappa shape index (κ2) is 6.03. The number of aromatic amines is 1. The molecule has 0 fully saturated rings. The topological polar surface area (TPSA) is 57.8 Å². The van der Waals surface area contributed by atoms with Crippen molar-refractivity contribution in [2.24, 2.45) is 11.3 Å². The van der Waals surface area contributed by atoms with Crippen LogP contribution < -0.4 is 5.32 Å². The van der Waals surface area contributed by atoms with Crippen LogP contribution in [0.2, 0.25) is 0 Å². The third-order valence-corrected chi connectivity index (χ3v) is 2.65. The molecule has 0 atom stereocenters.